The molecule has 0 fully saturated rings. The van der Waals surface area contributed by atoms with E-state index in [0.29, 0.717) is 6.04 Å². The first-order chi connectivity index (χ1) is 9.74. The Balaban J connectivity index is 2.24. The summed E-state index contributed by atoms with van der Waals surface area (Å²) in [6.45, 7) is 7.84. The molecule has 0 spiro atoms. The summed E-state index contributed by atoms with van der Waals surface area (Å²) in [4.78, 5) is 8.75. The van der Waals surface area contributed by atoms with Crippen molar-refractivity contribution in [2.45, 2.75) is 46.1 Å². The van der Waals surface area contributed by atoms with Crippen molar-refractivity contribution in [3.63, 3.8) is 0 Å². The number of fused-ring (bicyclic) bond motifs is 1. The van der Waals surface area contributed by atoms with Crippen LogP contribution in [0.1, 0.15) is 51.6 Å². The lowest BCUT2D eigenvalue weighted by Crippen LogP contribution is -2.24. The lowest BCUT2D eigenvalue weighted by atomic mass is 9.94. The highest BCUT2D eigenvalue weighted by Gasteiger charge is 2.14. The maximum atomic E-state index is 4.41. The fourth-order valence-corrected chi connectivity index (χ4v) is 2.42. The van der Waals surface area contributed by atoms with Gasteiger partial charge in [0.05, 0.1) is 11.0 Å². The number of hydrogen-bond donors (Lipinski definition) is 1. The number of benzene rings is 1. The molecule has 1 heterocycles. The van der Waals surface area contributed by atoms with E-state index in [0.717, 1.165) is 29.9 Å². The van der Waals surface area contributed by atoms with Crippen LogP contribution in [-0.4, -0.2) is 16.5 Å². The Morgan fingerprint density at radius 1 is 1.10 bits per heavy atom. The molecule has 2 aromatic rings. The van der Waals surface area contributed by atoms with Crippen molar-refractivity contribution in [1.82, 2.24) is 15.3 Å². The molecule has 108 valence electrons. The summed E-state index contributed by atoms with van der Waals surface area (Å²) >= 11 is 0. The molecule has 2 unspecified atom stereocenters. The fraction of sp³-hybridized carbons (Fsp3) is 0.529. The van der Waals surface area contributed by atoms with Crippen molar-refractivity contribution < 1.29 is 0 Å². The summed E-state index contributed by atoms with van der Waals surface area (Å²) < 4.78 is 0. The highest BCUT2D eigenvalue weighted by molar-refractivity contribution is 5.74. The van der Waals surface area contributed by atoms with Gasteiger partial charge in [-0.15, -0.1) is 0 Å². The van der Waals surface area contributed by atoms with Crippen molar-refractivity contribution in [3.8, 4) is 0 Å². The third-order valence-corrected chi connectivity index (χ3v) is 3.87. The van der Waals surface area contributed by atoms with E-state index in [-0.39, 0.29) is 0 Å². The molecular weight excluding hydrogens is 246 g/mol. The Bertz CT molecular complexity index is 539. The molecule has 0 aliphatic heterocycles. The van der Waals surface area contributed by atoms with E-state index in [1.54, 1.807) is 12.4 Å². The summed E-state index contributed by atoms with van der Waals surface area (Å²) in [6, 6.07) is 6.86. The normalized spacial score (nSPS) is 14.3. The van der Waals surface area contributed by atoms with Crippen LogP contribution >= 0.6 is 0 Å². The van der Waals surface area contributed by atoms with Crippen molar-refractivity contribution in [3.05, 3.63) is 36.2 Å². The maximum Gasteiger partial charge on any atom is 0.0890 e. The van der Waals surface area contributed by atoms with Crippen LogP contribution in [0.4, 0.5) is 0 Å². The summed E-state index contributed by atoms with van der Waals surface area (Å²) in [5.41, 5.74) is 3.28. The Morgan fingerprint density at radius 2 is 1.85 bits per heavy atom. The van der Waals surface area contributed by atoms with Gasteiger partial charge in [0.2, 0.25) is 0 Å². The molecular formula is C17H25N3. The van der Waals surface area contributed by atoms with Gasteiger partial charge in [0.25, 0.3) is 0 Å². The summed E-state index contributed by atoms with van der Waals surface area (Å²) in [7, 11) is 0. The predicted molar refractivity (Wildman–Crippen MR) is 84.6 cm³/mol. The minimum absolute atomic E-state index is 0.413. The smallest absolute Gasteiger partial charge is 0.0890 e. The minimum atomic E-state index is 0.413. The van der Waals surface area contributed by atoms with Gasteiger partial charge in [0.1, 0.15) is 0 Å². The van der Waals surface area contributed by atoms with Crippen LogP contribution in [0.3, 0.4) is 0 Å². The van der Waals surface area contributed by atoms with Crippen LogP contribution < -0.4 is 5.32 Å². The zero-order valence-electron chi connectivity index (χ0n) is 12.8. The van der Waals surface area contributed by atoms with E-state index >= 15 is 0 Å². The van der Waals surface area contributed by atoms with Gasteiger partial charge in [-0.1, -0.05) is 33.3 Å². The van der Waals surface area contributed by atoms with Crippen LogP contribution in [0.15, 0.2) is 30.6 Å². The van der Waals surface area contributed by atoms with Crippen molar-refractivity contribution in [2.24, 2.45) is 5.92 Å². The van der Waals surface area contributed by atoms with Crippen LogP contribution in [0.2, 0.25) is 0 Å². The van der Waals surface area contributed by atoms with Crippen LogP contribution in [-0.2, 0) is 0 Å². The minimum Gasteiger partial charge on any atom is -0.310 e. The third-order valence-electron chi connectivity index (χ3n) is 3.87. The molecule has 3 nitrogen and oxygen atoms in total. The number of nitrogens with zero attached hydrogens (tertiary/aromatic N) is 2. The molecule has 2 atom stereocenters. The van der Waals surface area contributed by atoms with E-state index < -0.39 is 0 Å². The molecule has 1 aromatic heterocycles. The van der Waals surface area contributed by atoms with Gasteiger partial charge < -0.3 is 5.32 Å². The summed E-state index contributed by atoms with van der Waals surface area (Å²) in [5.74, 6) is 0.724. The topological polar surface area (TPSA) is 37.8 Å². The molecule has 0 aliphatic rings. The second kappa shape index (κ2) is 7.34. The van der Waals surface area contributed by atoms with Gasteiger partial charge in [-0.25, -0.2) is 0 Å². The number of aromatic nitrogens is 2. The highest BCUT2D eigenvalue weighted by Crippen LogP contribution is 2.25. The first kappa shape index (κ1) is 14.9. The average molecular weight is 271 g/mol. The lowest BCUT2D eigenvalue weighted by molar-refractivity contribution is 0.402. The second-order valence-electron chi connectivity index (χ2n) is 5.56. The number of hydrogen-bond acceptors (Lipinski definition) is 3. The zero-order chi connectivity index (χ0) is 14.4. The molecule has 3 heteroatoms. The number of nitrogens with one attached hydrogen (secondary N) is 1. The van der Waals surface area contributed by atoms with E-state index in [1.807, 2.05) is 0 Å². The monoisotopic (exact) mass is 271 g/mol. The molecule has 1 aromatic carbocycles. The molecule has 20 heavy (non-hydrogen) atoms. The number of rotatable bonds is 7. The van der Waals surface area contributed by atoms with Gasteiger partial charge in [-0.3, -0.25) is 9.97 Å². The summed E-state index contributed by atoms with van der Waals surface area (Å²) in [6.07, 6.45) is 7.05. The fourth-order valence-electron chi connectivity index (χ4n) is 2.42. The highest BCUT2D eigenvalue weighted by atomic mass is 14.9. The Kier molecular flexibility index (Phi) is 5.48. The Hall–Kier alpha value is -1.48. The van der Waals surface area contributed by atoms with Gasteiger partial charge in [0.15, 0.2) is 0 Å². The quantitative estimate of drug-likeness (QED) is 0.823. The first-order valence-corrected chi connectivity index (χ1v) is 7.68. The lowest BCUT2D eigenvalue weighted by Gasteiger charge is -2.22. The van der Waals surface area contributed by atoms with E-state index in [2.05, 4.69) is 54.3 Å². The second-order valence-corrected chi connectivity index (χ2v) is 5.56. The molecule has 1 N–H and O–H groups in total. The van der Waals surface area contributed by atoms with Gasteiger partial charge in [-0.2, -0.15) is 0 Å². The van der Waals surface area contributed by atoms with Gasteiger partial charge >= 0.3 is 0 Å². The van der Waals surface area contributed by atoms with E-state index in [9.17, 15) is 0 Å². The van der Waals surface area contributed by atoms with Gasteiger partial charge in [0, 0.05) is 18.4 Å². The van der Waals surface area contributed by atoms with Crippen LogP contribution in [0, 0.1) is 5.92 Å². The SMILES string of the molecule is CCCNC(CC(C)CC)c1ccc2nccnc2c1. The zero-order valence-corrected chi connectivity index (χ0v) is 12.8. The van der Waals surface area contributed by atoms with E-state index in [4.69, 9.17) is 0 Å². The summed E-state index contributed by atoms with van der Waals surface area (Å²) in [5, 5.41) is 3.67. The predicted octanol–water partition coefficient (Wildman–Crippen LogP) is 4.11. The largest absolute Gasteiger partial charge is 0.310 e. The van der Waals surface area contributed by atoms with E-state index in [1.165, 1.54) is 18.4 Å². The molecule has 0 bridgehead atoms. The molecule has 0 aliphatic carbocycles. The Labute approximate surface area is 121 Å². The maximum absolute atomic E-state index is 4.41. The standard InChI is InChI=1S/C17H25N3/c1-4-8-18-16(11-13(3)5-2)14-6-7-15-17(12-14)20-10-9-19-15/h6-7,9-10,12-13,16,18H,4-5,8,11H2,1-3H3. The molecule has 0 saturated carbocycles. The molecule has 0 amide bonds. The third kappa shape index (κ3) is 3.76. The van der Waals surface area contributed by atoms with Crippen LogP contribution in [0.5, 0.6) is 0 Å². The van der Waals surface area contributed by atoms with Crippen molar-refractivity contribution in [2.75, 3.05) is 6.54 Å². The first-order valence-electron chi connectivity index (χ1n) is 7.68. The van der Waals surface area contributed by atoms with Crippen molar-refractivity contribution in [1.29, 1.82) is 0 Å². The van der Waals surface area contributed by atoms with Crippen molar-refractivity contribution >= 4 is 11.0 Å². The van der Waals surface area contributed by atoms with Crippen LogP contribution in [0.25, 0.3) is 11.0 Å². The molecule has 0 saturated heterocycles. The van der Waals surface area contributed by atoms with Gasteiger partial charge in [-0.05, 0) is 43.0 Å². The average Bonchev–Trinajstić information content (AvgIpc) is 2.50. The Morgan fingerprint density at radius 3 is 2.55 bits per heavy atom. The molecule has 2 rings (SSSR count). The molecule has 0 radical (unpaired) electrons.